The molecule has 0 bridgehead atoms. The summed E-state index contributed by atoms with van der Waals surface area (Å²) >= 11 is 0. The number of ether oxygens (including phenoxy) is 1. The Hall–Kier alpha value is -0.600. The number of rotatable bonds is 6. The van der Waals surface area contributed by atoms with Crippen LogP contribution >= 0.6 is 0 Å². The zero-order chi connectivity index (χ0) is 7.82. The lowest BCUT2D eigenvalue weighted by Crippen LogP contribution is -2.14. The van der Waals surface area contributed by atoms with Gasteiger partial charge in [-0.05, 0) is 6.42 Å². The maximum Gasteiger partial charge on any atom is 0.0984 e. The second kappa shape index (κ2) is 6.52. The van der Waals surface area contributed by atoms with Gasteiger partial charge in [-0.15, -0.1) is 13.2 Å². The largest absolute Gasteiger partial charge is 0.393 e. The quantitative estimate of drug-likeness (QED) is 0.445. The van der Waals surface area contributed by atoms with E-state index >= 15 is 0 Å². The third kappa shape index (κ3) is 4.30. The molecule has 0 saturated carbocycles. The molecule has 0 saturated heterocycles. The monoisotopic (exact) mass is 142 g/mol. The van der Waals surface area contributed by atoms with Crippen LogP contribution in [0.25, 0.3) is 0 Å². The minimum Gasteiger partial charge on any atom is -0.393 e. The van der Waals surface area contributed by atoms with Gasteiger partial charge in [-0.2, -0.15) is 0 Å². The van der Waals surface area contributed by atoms with Gasteiger partial charge >= 0.3 is 0 Å². The normalized spacial score (nSPS) is 12.5. The molecule has 0 aromatic carbocycles. The van der Waals surface area contributed by atoms with Crippen LogP contribution in [0.4, 0.5) is 0 Å². The molecule has 0 aliphatic carbocycles. The smallest absolute Gasteiger partial charge is 0.0984 e. The summed E-state index contributed by atoms with van der Waals surface area (Å²) < 4.78 is 5.14. The molecule has 0 aliphatic heterocycles. The summed E-state index contributed by atoms with van der Waals surface area (Å²) in [7, 11) is 0. The van der Waals surface area contributed by atoms with Crippen LogP contribution in [0.5, 0.6) is 0 Å². The summed E-state index contributed by atoms with van der Waals surface area (Å²) in [6.07, 6.45) is 3.95. The topological polar surface area (TPSA) is 29.5 Å². The summed E-state index contributed by atoms with van der Waals surface area (Å²) in [5.41, 5.74) is 0. The number of hydrogen-bond donors (Lipinski definition) is 1. The van der Waals surface area contributed by atoms with Crippen molar-refractivity contribution in [2.75, 3.05) is 13.2 Å². The zero-order valence-corrected chi connectivity index (χ0v) is 6.12. The lowest BCUT2D eigenvalue weighted by molar-refractivity contribution is 0.0458. The molecule has 0 fully saturated rings. The van der Waals surface area contributed by atoms with Crippen LogP contribution in [0.2, 0.25) is 0 Å². The van der Waals surface area contributed by atoms with Gasteiger partial charge in [0.2, 0.25) is 0 Å². The molecule has 0 radical (unpaired) electrons. The van der Waals surface area contributed by atoms with Gasteiger partial charge in [0.15, 0.2) is 0 Å². The summed E-state index contributed by atoms with van der Waals surface area (Å²) in [5.74, 6) is 0. The number of aliphatic hydroxyl groups is 1. The van der Waals surface area contributed by atoms with Gasteiger partial charge in [0.25, 0.3) is 0 Å². The molecule has 0 rings (SSSR count). The Morgan fingerprint density at radius 1 is 1.50 bits per heavy atom. The highest BCUT2D eigenvalue weighted by atomic mass is 16.5. The highest BCUT2D eigenvalue weighted by Crippen LogP contribution is 1.93. The zero-order valence-electron chi connectivity index (χ0n) is 6.12. The summed E-state index contributed by atoms with van der Waals surface area (Å²) in [5, 5.41) is 8.60. The number of aliphatic hydroxyl groups excluding tert-OH is 1. The highest BCUT2D eigenvalue weighted by Gasteiger charge is 1.98. The molecule has 0 heterocycles. The molecule has 0 aliphatic rings. The molecule has 2 nitrogen and oxygen atoms in total. The average Bonchev–Trinajstić information content (AvgIpc) is 1.99. The molecule has 1 N–H and O–H groups in total. The Labute approximate surface area is 61.8 Å². The summed E-state index contributed by atoms with van der Waals surface area (Å²) in [6.45, 7) is 7.64. The van der Waals surface area contributed by atoms with E-state index in [-0.39, 0.29) is 12.7 Å². The predicted octanol–water partition coefficient (Wildman–Crippen LogP) is 1.13. The van der Waals surface area contributed by atoms with E-state index in [0.29, 0.717) is 6.61 Å². The lowest BCUT2D eigenvalue weighted by Gasteiger charge is -2.08. The van der Waals surface area contributed by atoms with E-state index in [2.05, 4.69) is 13.2 Å². The molecule has 2 heteroatoms. The minimum absolute atomic E-state index is 0.000638. The molecular formula is C8H14O2. The van der Waals surface area contributed by atoms with Crippen molar-refractivity contribution in [2.24, 2.45) is 0 Å². The van der Waals surface area contributed by atoms with Crippen LogP contribution in [0, 0.1) is 0 Å². The molecule has 0 amide bonds. The van der Waals surface area contributed by atoms with E-state index in [4.69, 9.17) is 9.84 Å². The van der Waals surface area contributed by atoms with Gasteiger partial charge in [-0.25, -0.2) is 0 Å². The first-order valence-corrected chi connectivity index (χ1v) is 3.31. The van der Waals surface area contributed by atoms with Gasteiger partial charge in [0.1, 0.15) is 0 Å². The molecular weight excluding hydrogens is 128 g/mol. The van der Waals surface area contributed by atoms with Gasteiger partial charge in [0, 0.05) is 0 Å². The Balaban J connectivity index is 3.25. The SMILES string of the molecule is C=CCCOC(C=C)CO. The average molecular weight is 142 g/mol. The molecule has 0 aromatic heterocycles. The van der Waals surface area contributed by atoms with Gasteiger partial charge in [-0.3, -0.25) is 0 Å². The van der Waals surface area contributed by atoms with Crippen molar-refractivity contribution in [1.82, 2.24) is 0 Å². The van der Waals surface area contributed by atoms with E-state index < -0.39 is 0 Å². The van der Waals surface area contributed by atoms with Crippen molar-refractivity contribution in [3.05, 3.63) is 25.3 Å². The van der Waals surface area contributed by atoms with Gasteiger partial charge < -0.3 is 9.84 Å². The van der Waals surface area contributed by atoms with Crippen LogP contribution in [0.15, 0.2) is 25.3 Å². The van der Waals surface area contributed by atoms with Gasteiger partial charge in [-0.1, -0.05) is 12.2 Å². The van der Waals surface area contributed by atoms with Gasteiger partial charge in [0.05, 0.1) is 19.3 Å². The molecule has 0 spiro atoms. The van der Waals surface area contributed by atoms with Crippen molar-refractivity contribution in [3.8, 4) is 0 Å². The Morgan fingerprint density at radius 2 is 2.20 bits per heavy atom. The first-order chi connectivity index (χ1) is 4.85. The standard InChI is InChI=1S/C8H14O2/c1-3-5-6-10-8(4-2)7-9/h3-4,8-9H,1-2,5-7H2. The minimum atomic E-state index is -0.222. The molecule has 58 valence electrons. The molecule has 10 heavy (non-hydrogen) atoms. The Bertz CT molecular complexity index is 99.4. The van der Waals surface area contributed by atoms with E-state index in [1.807, 2.05) is 0 Å². The van der Waals surface area contributed by atoms with E-state index in [0.717, 1.165) is 6.42 Å². The van der Waals surface area contributed by atoms with Crippen LogP contribution < -0.4 is 0 Å². The fourth-order valence-electron chi connectivity index (χ4n) is 0.498. The maximum absolute atomic E-state index is 8.60. The third-order valence-corrected chi connectivity index (χ3v) is 1.10. The second-order valence-corrected chi connectivity index (χ2v) is 1.90. The van der Waals surface area contributed by atoms with Crippen molar-refractivity contribution in [3.63, 3.8) is 0 Å². The van der Waals surface area contributed by atoms with Crippen molar-refractivity contribution in [1.29, 1.82) is 0 Å². The molecule has 1 unspecified atom stereocenters. The fraction of sp³-hybridized carbons (Fsp3) is 0.500. The van der Waals surface area contributed by atoms with E-state index in [9.17, 15) is 0 Å². The van der Waals surface area contributed by atoms with Crippen molar-refractivity contribution >= 4 is 0 Å². The van der Waals surface area contributed by atoms with Crippen LogP contribution in [-0.4, -0.2) is 24.4 Å². The van der Waals surface area contributed by atoms with Crippen LogP contribution in [0.3, 0.4) is 0 Å². The predicted molar refractivity (Wildman–Crippen MR) is 41.8 cm³/mol. The Kier molecular flexibility index (Phi) is 6.13. The Morgan fingerprint density at radius 3 is 2.60 bits per heavy atom. The summed E-state index contributed by atoms with van der Waals surface area (Å²) in [4.78, 5) is 0. The first kappa shape index (κ1) is 9.40. The maximum atomic E-state index is 8.60. The van der Waals surface area contributed by atoms with Crippen molar-refractivity contribution < 1.29 is 9.84 Å². The van der Waals surface area contributed by atoms with Crippen LogP contribution in [0.1, 0.15) is 6.42 Å². The third-order valence-electron chi connectivity index (χ3n) is 1.10. The van der Waals surface area contributed by atoms with E-state index in [1.54, 1.807) is 12.2 Å². The lowest BCUT2D eigenvalue weighted by atomic mass is 10.3. The molecule has 0 aromatic rings. The number of hydrogen-bond acceptors (Lipinski definition) is 2. The van der Waals surface area contributed by atoms with Crippen LogP contribution in [-0.2, 0) is 4.74 Å². The first-order valence-electron chi connectivity index (χ1n) is 3.31. The van der Waals surface area contributed by atoms with E-state index in [1.165, 1.54) is 0 Å². The molecule has 1 atom stereocenters. The second-order valence-electron chi connectivity index (χ2n) is 1.90. The highest BCUT2D eigenvalue weighted by molar-refractivity contribution is 4.79. The summed E-state index contributed by atoms with van der Waals surface area (Å²) in [6, 6.07) is 0. The van der Waals surface area contributed by atoms with Crippen molar-refractivity contribution in [2.45, 2.75) is 12.5 Å². The fourth-order valence-corrected chi connectivity index (χ4v) is 0.498.